The number of urea groups is 1. The van der Waals surface area contributed by atoms with Crippen LogP contribution in [0.1, 0.15) is 184 Å². The van der Waals surface area contributed by atoms with Gasteiger partial charge in [-0.3, -0.25) is 42.4 Å². The van der Waals surface area contributed by atoms with Crippen molar-refractivity contribution in [1.29, 1.82) is 0 Å². The van der Waals surface area contributed by atoms with Gasteiger partial charge < -0.3 is 86.6 Å². The van der Waals surface area contributed by atoms with Crippen molar-refractivity contribution >= 4 is 73.3 Å². The maximum Gasteiger partial charge on any atom is 0.469 e. The van der Waals surface area contributed by atoms with E-state index in [2.05, 4.69) is 47.5 Å². The van der Waals surface area contributed by atoms with Crippen molar-refractivity contribution in [2.24, 2.45) is 44.0 Å². The van der Waals surface area contributed by atoms with E-state index in [0.717, 1.165) is 19.3 Å². The molecule has 0 aromatic heterocycles. The molecule has 96 heavy (non-hydrogen) atoms. The maximum atomic E-state index is 11.8. The van der Waals surface area contributed by atoms with Gasteiger partial charge in [0.25, 0.3) is 10.1 Å². The Morgan fingerprint density at radius 3 is 1.02 bits per heavy atom. The van der Waals surface area contributed by atoms with Gasteiger partial charge in [0, 0.05) is 66.5 Å². The minimum atomic E-state index is -4.46. The second-order valence-corrected chi connectivity index (χ2v) is 30.0. The number of phosphoric ester groups is 2. The molecule has 0 bridgehead atoms. The van der Waals surface area contributed by atoms with Gasteiger partial charge in [-0.15, -0.1) is 0 Å². The van der Waals surface area contributed by atoms with Gasteiger partial charge in [-0.1, -0.05) is 104 Å². The van der Waals surface area contributed by atoms with E-state index in [9.17, 15) is 55.9 Å². The molecule has 0 aliphatic rings. The summed E-state index contributed by atoms with van der Waals surface area (Å²) in [6.45, 7) is 45.8. The maximum absolute atomic E-state index is 11.8. The second kappa shape index (κ2) is 51.4. The van der Waals surface area contributed by atoms with E-state index in [4.69, 9.17) is 59.3 Å². The summed E-state index contributed by atoms with van der Waals surface area (Å²) in [5.41, 5.74) is 7.21. The largest absolute Gasteiger partial charge is 0.469 e. The quantitative estimate of drug-likeness (QED) is 0.00919. The number of rotatable bonds is 40. The van der Waals surface area contributed by atoms with Gasteiger partial charge in [-0.2, -0.15) is 8.42 Å². The van der Waals surface area contributed by atoms with Crippen LogP contribution in [0.5, 0.6) is 0 Å². The molecule has 0 aromatic carbocycles. The minimum absolute atomic E-state index is 0.00320. The smallest absolute Gasteiger partial charge is 0.463 e. The average molecular weight is 1450 g/mol. The predicted octanol–water partition coefficient (Wildman–Crippen LogP) is 5.34. The molecule has 0 heterocycles. The van der Waals surface area contributed by atoms with Gasteiger partial charge in [0.1, 0.15) is 19.8 Å². The van der Waals surface area contributed by atoms with E-state index >= 15 is 0 Å². The molecule has 0 spiro atoms. The number of phosphoric acid groups is 2. The lowest BCUT2D eigenvalue weighted by molar-refractivity contribution is -0.155. The van der Waals surface area contributed by atoms with Crippen molar-refractivity contribution in [2.45, 2.75) is 189 Å². The summed E-state index contributed by atoms with van der Waals surface area (Å²) < 4.78 is 83.9. The van der Waals surface area contributed by atoms with Gasteiger partial charge in [-0.25, -0.2) is 18.7 Å². The Morgan fingerprint density at radius 1 is 0.427 bits per heavy atom. The molecule has 0 aromatic rings. The number of esters is 3. The summed E-state index contributed by atoms with van der Waals surface area (Å²) in [7, 11) is -13.0. The van der Waals surface area contributed by atoms with Crippen LogP contribution in [-0.4, -0.2) is 197 Å². The Kier molecular flexibility index (Phi) is 54.8. The standard InChI is InChI=1S/C17H31N3O5.C10H22N2O2.C10H21NO4S.C8H18N2O.2C8H17O6P/c1-6-17(4,5)15(22)18-7-10-24-11-8-19-16(23)20-9-12-25-14(21)13(2)3;1-4-10(2,3)9(13)12-6-8-14-7-5-11;1-6-9(2,3)8(12)11-10(4,5)7-16(13,14)15;1-4-8(2,3)7(11)10-6-5-9;2*1-4-8(2,3)7(9)13-5-6-14-15(10,11)12/h2,6-12H2,1,3-5H3,(H,18,22)(H2,19,20,23);4-8,11H2,1-3H3,(H,12,13);6-7H2,1-5H3,(H,11,12)(H,13,14,15);4-6,9H2,1-3H3,(H,10,11);2*4-6H2,1-3H3,(H2,10,11,12). The Morgan fingerprint density at radius 2 is 0.729 bits per heavy atom. The molecule has 32 nitrogen and oxygen atoms in total. The summed E-state index contributed by atoms with van der Waals surface area (Å²) >= 11 is 0. The number of nitrogens with one attached hydrogen (secondary N) is 6. The van der Waals surface area contributed by atoms with Crippen LogP contribution >= 0.6 is 15.6 Å². The lowest BCUT2D eigenvalue weighted by atomic mass is 9.88. The van der Waals surface area contributed by atoms with Crippen molar-refractivity contribution in [3.05, 3.63) is 12.2 Å². The highest BCUT2D eigenvalue weighted by Crippen LogP contribution is 2.36. The first-order valence-corrected chi connectivity index (χ1v) is 36.5. The Balaban J connectivity index is -0.000000258. The van der Waals surface area contributed by atoms with Crippen LogP contribution in [0.15, 0.2) is 12.2 Å². The highest BCUT2D eigenvalue weighted by atomic mass is 32.2. The zero-order valence-electron chi connectivity index (χ0n) is 61.4. The second-order valence-electron chi connectivity index (χ2n) is 26.1. The van der Waals surface area contributed by atoms with Crippen LogP contribution in [0.2, 0.25) is 0 Å². The van der Waals surface area contributed by atoms with E-state index in [1.807, 2.05) is 83.1 Å². The van der Waals surface area contributed by atoms with E-state index < -0.39 is 71.2 Å². The van der Waals surface area contributed by atoms with E-state index in [1.165, 1.54) is 0 Å². The van der Waals surface area contributed by atoms with Crippen LogP contribution in [0.4, 0.5) is 4.79 Å². The van der Waals surface area contributed by atoms with Gasteiger partial charge in [0.2, 0.25) is 23.6 Å². The lowest BCUT2D eigenvalue weighted by Gasteiger charge is -2.30. The van der Waals surface area contributed by atoms with Crippen LogP contribution in [0.3, 0.4) is 0 Å². The van der Waals surface area contributed by atoms with Crippen molar-refractivity contribution in [3.63, 3.8) is 0 Å². The summed E-state index contributed by atoms with van der Waals surface area (Å²) in [5, 5.41) is 16.2. The first kappa shape index (κ1) is 102. The first-order chi connectivity index (χ1) is 43.6. The molecule has 0 saturated carbocycles. The molecule has 0 aliphatic heterocycles. The molecule has 0 unspecified atom stereocenters. The number of hydrogen-bond donors (Lipinski definition) is 13. The molecule has 0 atom stereocenters. The molecule has 6 amide bonds. The summed E-state index contributed by atoms with van der Waals surface area (Å²) in [6, 6.07) is -0.368. The Hall–Kier alpha value is -4.73. The van der Waals surface area contributed by atoms with Crippen molar-refractivity contribution in [1.82, 2.24) is 31.9 Å². The van der Waals surface area contributed by atoms with Gasteiger partial charge in [0.05, 0.1) is 68.3 Å². The third-order valence-corrected chi connectivity index (χ3v) is 16.4. The zero-order valence-corrected chi connectivity index (χ0v) is 64.0. The van der Waals surface area contributed by atoms with Crippen molar-refractivity contribution in [2.75, 3.05) is 111 Å². The molecular formula is C61H126N8O24P2S. The van der Waals surface area contributed by atoms with Crippen molar-refractivity contribution in [3.8, 4) is 0 Å². The van der Waals surface area contributed by atoms with E-state index in [-0.39, 0.29) is 85.5 Å². The number of carbonyl (C=O) groups excluding carboxylic acids is 8. The minimum Gasteiger partial charge on any atom is -0.463 e. The Bertz CT molecular complexity index is 2430. The zero-order chi connectivity index (χ0) is 76.7. The molecule has 0 aliphatic carbocycles. The topological polar surface area (TPSA) is 495 Å². The van der Waals surface area contributed by atoms with Crippen molar-refractivity contribution < 1.29 is 113 Å². The van der Waals surface area contributed by atoms with Crippen LogP contribution in [0.25, 0.3) is 0 Å². The highest BCUT2D eigenvalue weighted by Gasteiger charge is 2.34. The third kappa shape index (κ3) is 59.3. The Labute approximate surface area is 572 Å². The van der Waals surface area contributed by atoms with Gasteiger partial charge in [-0.05, 0) is 87.0 Å². The third-order valence-electron chi connectivity index (χ3n) is 14.3. The van der Waals surface area contributed by atoms with Crippen LogP contribution in [0, 0.1) is 32.5 Å². The van der Waals surface area contributed by atoms with Crippen LogP contribution in [-0.2, 0) is 85.5 Å². The molecule has 0 saturated heterocycles. The number of amides is 6. The van der Waals surface area contributed by atoms with E-state index in [1.54, 1.807) is 62.3 Å². The predicted molar refractivity (Wildman–Crippen MR) is 367 cm³/mol. The fourth-order valence-electron chi connectivity index (χ4n) is 5.27. The molecule has 15 N–H and O–H groups in total. The van der Waals surface area contributed by atoms with Gasteiger partial charge >= 0.3 is 39.6 Å². The average Bonchev–Trinajstić information content (AvgIpc) is 0.985. The molecule has 0 radical (unpaired) electrons. The molecule has 35 heteroatoms. The highest BCUT2D eigenvalue weighted by molar-refractivity contribution is 7.85. The fraction of sp³-hybridized carbons (Fsp3) is 0.836. The summed E-state index contributed by atoms with van der Waals surface area (Å²) in [6.07, 6.45) is 4.37. The molecule has 570 valence electrons. The lowest BCUT2D eigenvalue weighted by Crippen LogP contribution is -2.52. The SMILES string of the molecule is C=C(C)C(=O)OCCNC(=O)NCCOCCNC(=O)C(C)(C)CC.CCC(C)(C)C(=O)NC(C)(C)CS(=O)(=O)O.CCC(C)(C)C(=O)NCCN.CCC(C)(C)C(=O)NCCOCCN.CCC(C)(C)C(=O)OCCOP(=O)(O)O.CCC(C)(C)C(=O)OCCOP(=O)(O)O. The monoisotopic (exact) mass is 1450 g/mol. The molecule has 0 rings (SSSR count). The molecular weight excluding hydrogens is 1320 g/mol. The number of carbonyl (C=O) groups is 8. The van der Waals surface area contributed by atoms with Crippen LogP contribution < -0.4 is 43.4 Å². The first-order valence-electron chi connectivity index (χ1n) is 31.8. The normalized spacial score (nSPS) is 12.0. The number of hydrogen-bond acceptors (Lipinski definition) is 21. The van der Waals surface area contributed by atoms with E-state index in [0.29, 0.717) is 90.5 Å². The molecule has 0 fully saturated rings. The van der Waals surface area contributed by atoms with Gasteiger partial charge in [0.15, 0.2) is 0 Å². The summed E-state index contributed by atoms with van der Waals surface area (Å²) in [4.78, 5) is 125. The fourth-order valence-corrected chi connectivity index (χ4v) is 6.88. The summed E-state index contributed by atoms with van der Waals surface area (Å²) in [5.74, 6) is -1.83. The number of nitrogens with two attached hydrogens (primary N) is 2. The number of ether oxygens (including phenoxy) is 5.